The van der Waals surface area contributed by atoms with E-state index in [4.69, 9.17) is 0 Å². The van der Waals surface area contributed by atoms with Crippen molar-refractivity contribution in [2.24, 2.45) is 0 Å². The van der Waals surface area contributed by atoms with Crippen LogP contribution in [0.4, 0.5) is 5.95 Å². The number of thiophene rings is 1. The molecule has 18 heavy (non-hydrogen) atoms. The molecule has 0 saturated carbocycles. The van der Waals surface area contributed by atoms with Crippen LogP contribution >= 0.6 is 23.1 Å². The average molecular weight is 280 g/mol. The molecule has 0 fully saturated rings. The molecular formula is C11H12N4OS2. The molecule has 94 valence electrons. The quantitative estimate of drug-likeness (QED) is 0.934. The van der Waals surface area contributed by atoms with Crippen molar-refractivity contribution in [2.45, 2.75) is 24.5 Å². The summed E-state index contributed by atoms with van der Waals surface area (Å²) in [5, 5.41) is 13.8. The third-order valence-corrected chi connectivity index (χ3v) is 4.57. The van der Waals surface area contributed by atoms with E-state index >= 15 is 0 Å². The molecule has 1 amide bonds. The van der Waals surface area contributed by atoms with Crippen molar-refractivity contribution < 1.29 is 4.79 Å². The lowest BCUT2D eigenvalue weighted by atomic mass is 10.3. The first-order chi connectivity index (χ1) is 8.83. The lowest BCUT2D eigenvalue weighted by Gasteiger charge is -2.14. The Bertz CT molecular complexity index is 549. The summed E-state index contributed by atoms with van der Waals surface area (Å²) in [7, 11) is 0. The van der Waals surface area contributed by atoms with Crippen molar-refractivity contribution in [1.82, 2.24) is 14.8 Å². The minimum atomic E-state index is -0.0387. The topological polar surface area (TPSA) is 59.8 Å². The van der Waals surface area contributed by atoms with Crippen molar-refractivity contribution in [3.05, 3.63) is 22.4 Å². The van der Waals surface area contributed by atoms with E-state index < -0.39 is 0 Å². The zero-order chi connectivity index (χ0) is 12.4. The Morgan fingerprint density at radius 2 is 2.44 bits per heavy atom. The molecule has 0 atom stereocenters. The maximum atomic E-state index is 11.9. The third-order valence-electron chi connectivity index (χ3n) is 2.64. The van der Waals surface area contributed by atoms with Crippen LogP contribution in [0.2, 0.25) is 0 Å². The van der Waals surface area contributed by atoms with Crippen LogP contribution in [0.3, 0.4) is 0 Å². The van der Waals surface area contributed by atoms with Gasteiger partial charge in [0, 0.05) is 17.2 Å². The number of hydrogen-bond acceptors (Lipinski definition) is 5. The molecule has 3 rings (SSSR count). The fourth-order valence-electron chi connectivity index (χ4n) is 1.82. The third kappa shape index (κ3) is 2.41. The number of rotatable bonds is 3. The summed E-state index contributed by atoms with van der Waals surface area (Å²) < 4.78 is 1.97. The lowest BCUT2D eigenvalue weighted by molar-refractivity contribution is -0.115. The molecule has 0 aliphatic carbocycles. The van der Waals surface area contributed by atoms with E-state index in [2.05, 4.69) is 15.5 Å². The van der Waals surface area contributed by atoms with Gasteiger partial charge in [0.1, 0.15) is 0 Å². The second kappa shape index (κ2) is 5.11. The summed E-state index contributed by atoms with van der Waals surface area (Å²) in [5.41, 5.74) is 0. The number of amides is 1. The van der Waals surface area contributed by atoms with Crippen molar-refractivity contribution in [2.75, 3.05) is 11.1 Å². The molecule has 0 saturated heterocycles. The molecule has 3 heterocycles. The zero-order valence-corrected chi connectivity index (χ0v) is 11.3. The first kappa shape index (κ1) is 11.7. The Kier molecular flexibility index (Phi) is 3.33. The maximum Gasteiger partial charge on any atom is 0.231 e. The summed E-state index contributed by atoms with van der Waals surface area (Å²) >= 11 is 3.27. The monoisotopic (exact) mass is 280 g/mol. The molecule has 0 radical (unpaired) electrons. The van der Waals surface area contributed by atoms with Crippen LogP contribution in [0.1, 0.15) is 11.3 Å². The number of thioether (sulfide) groups is 1. The van der Waals surface area contributed by atoms with Gasteiger partial charge in [0.2, 0.25) is 11.9 Å². The molecule has 5 nitrogen and oxygen atoms in total. The van der Waals surface area contributed by atoms with Gasteiger partial charge in [-0.3, -0.25) is 14.7 Å². The van der Waals surface area contributed by atoms with Crippen molar-refractivity contribution in [3.63, 3.8) is 0 Å². The number of aromatic nitrogens is 3. The molecule has 0 bridgehead atoms. The maximum absolute atomic E-state index is 11.9. The molecular weight excluding hydrogens is 268 g/mol. The van der Waals surface area contributed by atoms with E-state index in [9.17, 15) is 4.79 Å². The van der Waals surface area contributed by atoms with Gasteiger partial charge in [-0.2, -0.15) is 0 Å². The van der Waals surface area contributed by atoms with Crippen molar-refractivity contribution >= 4 is 35.0 Å². The number of fused-ring (bicyclic) bond motifs is 1. The molecule has 1 aliphatic rings. The zero-order valence-electron chi connectivity index (χ0n) is 9.63. The van der Waals surface area contributed by atoms with E-state index in [1.807, 2.05) is 22.1 Å². The molecule has 0 aromatic carbocycles. The second-order valence-electron chi connectivity index (χ2n) is 3.96. The molecule has 0 unspecified atom stereocenters. The van der Waals surface area contributed by atoms with Gasteiger partial charge in [0.15, 0.2) is 5.16 Å². The number of carbonyl (C=O) groups excluding carboxylic acids is 1. The van der Waals surface area contributed by atoms with Gasteiger partial charge in [0.05, 0.1) is 6.42 Å². The van der Waals surface area contributed by atoms with E-state index in [1.54, 1.807) is 23.1 Å². The van der Waals surface area contributed by atoms with Crippen LogP contribution in [0, 0.1) is 0 Å². The van der Waals surface area contributed by atoms with Crippen LogP contribution in [0.5, 0.6) is 0 Å². The highest BCUT2D eigenvalue weighted by Gasteiger charge is 2.17. The molecule has 1 aliphatic heterocycles. The molecule has 0 spiro atoms. The fourth-order valence-corrected chi connectivity index (χ4v) is 3.41. The summed E-state index contributed by atoms with van der Waals surface area (Å²) in [6, 6.07) is 3.90. The Balaban J connectivity index is 1.69. The van der Waals surface area contributed by atoms with E-state index in [0.717, 1.165) is 28.8 Å². The SMILES string of the molecule is O=C(Cc1cccs1)Nc1nnc2n1CCCS2. The van der Waals surface area contributed by atoms with E-state index in [-0.39, 0.29) is 5.91 Å². The van der Waals surface area contributed by atoms with E-state index in [1.165, 1.54) is 0 Å². The smallest absolute Gasteiger partial charge is 0.231 e. The number of nitrogens with one attached hydrogen (secondary N) is 1. The fraction of sp³-hybridized carbons (Fsp3) is 0.364. The van der Waals surface area contributed by atoms with Crippen LogP contribution in [0.15, 0.2) is 22.7 Å². The lowest BCUT2D eigenvalue weighted by Crippen LogP contribution is -2.18. The predicted octanol–water partition coefficient (Wildman–Crippen LogP) is 2.02. The first-order valence-corrected chi connectivity index (χ1v) is 7.58. The van der Waals surface area contributed by atoms with Gasteiger partial charge < -0.3 is 0 Å². The average Bonchev–Trinajstić information content (AvgIpc) is 3.00. The summed E-state index contributed by atoms with van der Waals surface area (Å²) in [5.74, 6) is 1.60. The van der Waals surface area contributed by atoms with Crippen molar-refractivity contribution in [3.8, 4) is 0 Å². The standard InChI is InChI=1S/C11H12N4OS2/c16-9(7-8-3-1-5-17-8)12-10-13-14-11-15(10)4-2-6-18-11/h1,3,5H,2,4,6-7H2,(H,12,13,16). The minimum Gasteiger partial charge on any atom is -0.294 e. The number of anilines is 1. The Morgan fingerprint density at radius 3 is 3.28 bits per heavy atom. The van der Waals surface area contributed by atoms with Gasteiger partial charge in [-0.15, -0.1) is 21.5 Å². The number of carbonyl (C=O) groups is 1. The normalized spacial score (nSPS) is 14.2. The van der Waals surface area contributed by atoms with Crippen LogP contribution in [-0.4, -0.2) is 26.4 Å². The predicted molar refractivity (Wildman–Crippen MR) is 72.0 cm³/mol. The first-order valence-electron chi connectivity index (χ1n) is 5.71. The summed E-state index contributed by atoms with van der Waals surface area (Å²) in [4.78, 5) is 12.9. The molecule has 1 N–H and O–H groups in total. The molecule has 2 aromatic rings. The van der Waals surface area contributed by atoms with Gasteiger partial charge in [-0.25, -0.2) is 0 Å². The molecule has 2 aromatic heterocycles. The van der Waals surface area contributed by atoms with Gasteiger partial charge in [-0.1, -0.05) is 17.8 Å². The second-order valence-corrected chi connectivity index (χ2v) is 6.06. The van der Waals surface area contributed by atoms with Crippen LogP contribution in [0.25, 0.3) is 0 Å². The van der Waals surface area contributed by atoms with Gasteiger partial charge in [0.25, 0.3) is 0 Å². The highest BCUT2D eigenvalue weighted by atomic mass is 32.2. The highest BCUT2D eigenvalue weighted by molar-refractivity contribution is 7.99. The van der Waals surface area contributed by atoms with E-state index in [0.29, 0.717) is 12.4 Å². The minimum absolute atomic E-state index is 0.0387. The number of nitrogens with zero attached hydrogens (tertiary/aromatic N) is 3. The van der Waals surface area contributed by atoms with Crippen LogP contribution in [-0.2, 0) is 17.8 Å². The Labute approximate surface area is 113 Å². The Morgan fingerprint density at radius 1 is 1.50 bits per heavy atom. The van der Waals surface area contributed by atoms with Gasteiger partial charge >= 0.3 is 0 Å². The largest absolute Gasteiger partial charge is 0.294 e. The van der Waals surface area contributed by atoms with Crippen molar-refractivity contribution in [1.29, 1.82) is 0 Å². The number of hydrogen-bond donors (Lipinski definition) is 1. The Hall–Kier alpha value is -1.34. The van der Waals surface area contributed by atoms with Crippen LogP contribution < -0.4 is 5.32 Å². The summed E-state index contributed by atoms with van der Waals surface area (Å²) in [6.45, 7) is 0.879. The highest BCUT2D eigenvalue weighted by Crippen LogP contribution is 2.25. The van der Waals surface area contributed by atoms with Gasteiger partial charge in [-0.05, 0) is 17.9 Å². The summed E-state index contributed by atoms with van der Waals surface area (Å²) in [6.07, 6.45) is 1.48. The molecule has 7 heteroatoms.